The van der Waals surface area contributed by atoms with Gasteiger partial charge >= 0.3 is 0 Å². The highest BCUT2D eigenvalue weighted by molar-refractivity contribution is 7.89. The van der Waals surface area contributed by atoms with Crippen LogP contribution in [0.2, 0.25) is 0 Å². The number of hydrogen-bond donors (Lipinski definition) is 1. The monoisotopic (exact) mass is 349 g/mol. The molecule has 3 heterocycles. The first kappa shape index (κ1) is 16.3. The van der Waals surface area contributed by atoms with Crippen molar-refractivity contribution in [2.24, 2.45) is 0 Å². The summed E-state index contributed by atoms with van der Waals surface area (Å²) in [6, 6.07) is 3.56. The molecule has 0 amide bonds. The molecule has 3 rings (SSSR count). The maximum atomic E-state index is 12.3. The van der Waals surface area contributed by atoms with Gasteiger partial charge < -0.3 is 8.94 Å². The standard InChI is InChI=1S/C14H15N5O4S/c1-9-13(10(2)23-19-9)24(20,21)16-7-5-12-17-18-14(22-12)11-4-3-6-15-8-11/h3-4,6,8,16H,5,7H2,1-2H3. The molecule has 0 aliphatic heterocycles. The Balaban J connectivity index is 1.64. The minimum Gasteiger partial charge on any atom is -0.421 e. The van der Waals surface area contributed by atoms with Gasteiger partial charge in [-0.25, -0.2) is 13.1 Å². The van der Waals surface area contributed by atoms with Crippen molar-refractivity contribution in [3.05, 3.63) is 41.9 Å². The van der Waals surface area contributed by atoms with Crippen LogP contribution in [0.25, 0.3) is 11.5 Å². The Morgan fingerprint density at radius 3 is 2.75 bits per heavy atom. The first-order valence-electron chi connectivity index (χ1n) is 7.12. The quantitative estimate of drug-likeness (QED) is 0.705. The Labute approximate surface area is 138 Å². The van der Waals surface area contributed by atoms with E-state index in [1.807, 2.05) is 0 Å². The summed E-state index contributed by atoms with van der Waals surface area (Å²) in [5, 5.41) is 11.5. The third kappa shape index (κ3) is 3.34. The zero-order chi connectivity index (χ0) is 17.2. The van der Waals surface area contributed by atoms with Crippen LogP contribution in [0.3, 0.4) is 0 Å². The lowest BCUT2D eigenvalue weighted by molar-refractivity contribution is 0.390. The molecule has 1 N–H and O–H groups in total. The Bertz CT molecular complexity index is 914. The fourth-order valence-corrected chi connectivity index (χ4v) is 3.54. The molecule has 3 aromatic heterocycles. The number of aromatic nitrogens is 4. The van der Waals surface area contributed by atoms with E-state index in [4.69, 9.17) is 8.94 Å². The smallest absolute Gasteiger partial charge is 0.249 e. The van der Waals surface area contributed by atoms with E-state index in [0.717, 1.165) is 0 Å². The van der Waals surface area contributed by atoms with Gasteiger partial charge in [0.15, 0.2) is 5.76 Å². The number of sulfonamides is 1. The molecule has 0 aromatic carbocycles. The predicted octanol–water partition coefficient (Wildman–Crippen LogP) is 1.26. The van der Waals surface area contributed by atoms with E-state index in [9.17, 15) is 8.42 Å². The third-order valence-electron chi connectivity index (χ3n) is 3.24. The second kappa shape index (κ2) is 6.49. The molecule has 0 unspecified atom stereocenters. The molecule has 0 aliphatic rings. The third-order valence-corrected chi connectivity index (χ3v) is 4.95. The fourth-order valence-electron chi connectivity index (χ4n) is 2.18. The van der Waals surface area contributed by atoms with Gasteiger partial charge in [0.1, 0.15) is 10.6 Å². The van der Waals surface area contributed by atoms with E-state index in [0.29, 0.717) is 23.0 Å². The van der Waals surface area contributed by atoms with Crippen molar-refractivity contribution in [1.82, 2.24) is 25.1 Å². The van der Waals surface area contributed by atoms with Crippen molar-refractivity contribution in [3.63, 3.8) is 0 Å². The average Bonchev–Trinajstić information content (AvgIpc) is 3.15. The Morgan fingerprint density at radius 2 is 2.08 bits per heavy atom. The molecule has 0 spiro atoms. The van der Waals surface area contributed by atoms with Crippen LogP contribution in [-0.4, -0.2) is 35.3 Å². The molecule has 0 radical (unpaired) electrons. The van der Waals surface area contributed by atoms with Gasteiger partial charge in [-0.1, -0.05) is 5.16 Å². The van der Waals surface area contributed by atoms with Gasteiger partial charge in [-0.2, -0.15) is 0 Å². The SMILES string of the molecule is Cc1noc(C)c1S(=O)(=O)NCCc1nnc(-c2cccnc2)o1. The van der Waals surface area contributed by atoms with Crippen molar-refractivity contribution in [2.75, 3.05) is 6.54 Å². The van der Waals surface area contributed by atoms with E-state index in [1.165, 1.54) is 0 Å². The molecular weight excluding hydrogens is 334 g/mol. The summed E-state index contributed by atoms with van der Waals surface area (Å²) in [6.07, 6.45) is 3.51. The lowest BCUT2D eigenvalue weighted by atomic mass is 10.3. The first-order chi connectivity index (χ1) is 11.5. The molecule has 0 atom stereocenters. The lowest BCUT2D eigenvalue weighted by Gasteiger charge is -2.04. The minimum absolute atomic E-state index is 0.0593. The number of hydrogen-bond acceptors (Lipinski definition) is 8. The van der Waals surface area contributed by atoms with E-state index in [2.05, 4.69) is 25.1 Å². The van der Waals surface area contributed by atoms with Crippen molar-refractivity contribution in [1.29, 1.82) is 0 Å². The van der Waals surface area contributed by atoms with E-state index >= 15 is 0 Å². The topological polar surface area (TPSA) is 124 Å². The van der Waals surface area contributed by atoms with E-state index in [-0.39, 0.29) is 23.6 Å². The number of nitrogens with zero attached hydrogens (tertiary/aromatic N) is 4. The van der Waals surface area contributed by atoms with Gasteiger partial charge in [0.2, 0.25) is 21.8 Å². The van der Waals surface area contributed by atoms with Crippen LogP contribution < -0.4 is 4.72 Å². The summed E-state index contributed by atoms with van der Waals surface area (Å²) < 4.78 is 37.4. The van der Waals surface area contributed by atoms with Gasteiger partial charge in [0.25, 0.3) is 0 Å². The molecule has 126 valence electrons. The highest BCUT2D eigenvalue weighted by Crippen LogP contribution is 2.19. The van der Waals surface area contributed by atoms with Crippen molar-refractivity contribution >= 4 is 10.0 Å². The van der Waals surface area contributed by atoms with Crippen molar-refractivity contribution in [2.45, 2.75) is 25.2 Å². The number of pyridine rings is 1. The fraction of sp³-hybridized carbons (Fsp3) is 0.286. The van der Waals surface area contributed by atoms with Gasteiger partial charge in [0, 0.05) is 25.4 Å². The molecule has 24 heavy (non-hydrogen) atoms. The second-order valence-corrected chi connectivity index (χ2v) is 6.75. The summed E-state index contributed by atoms with van der Waals surface area (Å²) in [5.74, 6) is 0.915. The molecule has 0 saturated carbocycles. The van der Waals surface area contributed by atoms with Crippen LogP contribution in [0.1, 0.15) is 17.3 Å². The average molecular weight is 349 g/mol. The zero-order valence-electron chi connectivity index (χ0n) is 13.1. The van der Waals surface area contributed by atoms with Crippen molar-refractivity contribution < 1.29 is 17.4 Å². The van der Waals surface area contributed by atoms with Crippen LogP contribution in [0.15, 0.2) is 38.4 Å². The molecule has 10 heteroatoms. The molecule has 0 bridgehead atoms. The largest absolute Gasteiger partial charge is 0.421 e. The van der Waals surface area contributed by atoms with E-state index < -0.39 is 10.0 Å². The molecule has 0 saturated heterocycles. The Kier molecular flexibility index (Phi) is 4.40. The van der Waals surface area contributed by atoms with Crippen LogP contribution in [-0.2, 0) is 16.4 Å². The second-order valence-electron chi connectivity index (χ2n) is 5.04. The summed E-state index contributed by atoms with van der Waals surface area (Å²) >= 11 is 0. The van der Waals surface area contributed by atoms with Gasteiger partial charge in [0.05, 0.1) is 5.56 Å². The summed E-state index contributed by atoms with van der Waals surface area (Å²) in [4.78, 5) is 4.03. The van der Waals surface area contributed by atoms with Gasteiger partial charge in [-0.3, -0.25) is 4.98 Å². The predicted molar refractivity (Wildman–Crippen MR) is 82.4 cm³/mol. The lowest BCUT2D eigenvalue weighted by Crippen LogP contribution is -2.26. The van der Waals surface area contributed by atoms with Crippen molar-refractivity contribution in [3.8, 4) is 11.5 Å². The Morgan fingerprint density at radius 1 is 1.25 bits per heavy atom. The Hall–Kier alpha value is -2.59. The summed E-state index contributed by atoms with van der Waals surface area (Å²) in [6.45, 7) is 3.23. The maximum absolute atomic E-state index is 12.3. The highest BCUT2D eigenvalue weighted by Gasteiger charge is 2.23. The minimum atomic E-state index is -3.70. The molecule has 0 aliphatic carbocycles. The van der Waals surface area contributed by atoms with Crippen LogP contribution in [0.5, 0.6) is 0 Å². The first-order valence-corrected chi connectivity index (χ1v) is 8.61. The highest BCUT2D eigenvalue weighted by atomic mass is 32.2. The van der Waals surface area contributed by atoms with Crippen LogP contribution in [0, 0.1) is 13.8 Å². The number of aryl methyl sites for hydroxylation is 2. The van der Waals surface area contributed by atoms with Crippen LogP contribution >= 0.6 is 0 Å². The number of rotatable bonds is 6. The van der Waals surface area contributed by atoms with E-state index in [1.54, 1.807) is 38.4 Å². The zero-order valence-corrected chi connectivity index (χ0v) is 13.9. The molecule has 0 fully saturated rings. The number of nitrogens with one attached hydrogen (secondary N) is 1. The summed E-state index contributed by atoms with van der Waals surface area (Å²) in [5.41, 5.74) is 1.02. The maximum Gasteiger partial charge on any atom is 0.249 e. The van der Waals surface area contributed by atoms with Gasteiger partial charge in [-0.15, -0.1) is 10.2 Å². The summed E-state index contributed by atoms with van der Waals surface area (Å²) in [7, 11) is -3.70. The normalized spacial score (nSPS) is 11.8. The van der Waals surface area contributed by atoms with Crippen LogP contribution in [0.4, 0.5) is 0 Å². The molecular formula is C14H15N5O4S. The van der Waals surface area contributed by atoms with Gasteiger partial charge in [-0.05, 0) is 26.0 Å². The molecule has 3 aromatic rings. The molecule has 9 nitrogen and oxygen atoms in total.